The third kappa shape index (κ3) is 2.49. The minimum Gasteiger partial charge on any atom is -0.294 e. The van der Waals surface area contributed by atoms with E-state index in [1.807, 2.05) is 5.38 Å². The Bertz CT molecular complexity index is 508. The van der Waals surface area contributed by atoms with Gasteiger partial charge in [0.25, 0.3) is 0 Å². The molecule has 0 N–H and O–H groups in total. The summed E-state index contributed by atoms with van der Waals surface area (Å²) >= 11 is 7.32. The summed E-state index contributed by atoms with van der Waals surface area (Å²) in [5, 5.41) is 3.93. The summed E-state index contributed by atoms with van der Waals surface area (Å²) in [4.78, 5) is 11.8. The Morgan fingerprint density at radius 1 is 1.38 bits per heavy atom. The maximum absolute atomic E-state index is 12.8. The maximum Gasteiger partial charge on any atom is 0.168 e. The quantitative estimate of drug-likeness (QED) is 0.758. The largest absolute Gasteiger partial charge is 0.294 e. The fourth-order valence-electron chi connectivity index (χ4n) is 1.36. The van der Waals surface area contributed by atoms with Crippen LogP contribution in [-0.4, -0.2) is 5.78 Å². The predicted molar refractivity (Wildman–Crippen MR) is 63.8 cm³/mol. The maximum atomic E-state index is 12.8. The van der Waals surface area contributed by atoms with E-state index in [1.165, 1.54) is 23.5 Å². The summed E-state index contributed by atoms with van der Waals surface area (Å²) in [6.07, 6.45) is 0.204. The Kier molecular flexibility index (Phi) is 3.36. The number of carbonyl (C=O) groups is 1. The Labute approximate surface area is 101 Å². The van der Waals surface area contributed by atoms with Crippen molar-refractivity contribution in [3.63, 3.8) is 0 Å². The van der Waals surface area contributed by atoms with Gasteiger partial charge in [0.2, 0.25) is 0 Å². The number of hydrogen-bond acceptors (Lipinski definition) is 2. The Morgan fingerprint density at radius 3 is 2.81 bits per heavy atom. The van der Waals surface area contributed by atoms with Crippen LogP contribution in [0.2, 0.25) is 5.02 Å². The van der Waals surface area contributed by atoms with Crippen LogP contribution in [0.1, 0.15) is 15.9 Å². The fraction of sp³-hybridized carbons (Fsp3) is 0.0833. The number of carbonyl (C=O) groups excluding carboxylic acids is 1. The second-order valence-electron chi connectivity index (χ2n) is 3.35. The molecular formula is C12H8ClFOS. The van der Waals surface area contributed by atoms with Gasteiger partial charge in [0.15, 0.2) is 5.78 Å². The highest BCUT2D eigenvalue weighted by atomic mass is 35.5. The zero-order valence-corrected chi connectivity index (χ0v) is 9.82. The SMILES string of the molecule is O=C(Cc1ccc(F)cc1Cl)c1ccsc1. The number of rotatable bonds is 3. The molecule has 0 aliphatic carbocycles. The van der Waals surface area contributed by atoms with Crippen LogP contribution in [-0.2, 0) is 6.42 Å². The summed E-state index contributed by atoms with van der Waals surface area (Å²) in [6, 6.07) is 5.84. The summed E-state index contributed by atoms with van der Waals surface area (Å²) < 4.78 is 12.8. The van der Waals surface area contributed by atoms with E-state index in [4.69, 9.17) is 11.6 Å². The van der Waals surface area contributed by atoms with E-state index in [0.29, 0.717) is 16.1 Å². The third-order valence-corrected chi connectivity index (χ3v) is 3.24. The molecule has 16 heavy (non-hydrogen) atoms. The first-order valence-corrected chi connectivity index (χ1v) is 5.98. The Morgan fingerprint density at radius 2 is 2.19 bits per heavy atom. The van der Waals surface area contributed by atoms with Gasteiger partial charge in [-0.25, -0.2) is 4.39 Å². The highest BCUT2D eigenvalue weighted by molar-refractivity contribution is 7.08. The first-order valence-electron chi connectivity index (χ1n) is 4.66. The van der Waals surface area contributed by atoms with Gasteiger partial charge in [0.1, 0.15) is 5.82 Å². The molecule has 0 aliphatic heterocycles. The lowest BCUT2D eigenvalue weighted by Gasteiger charge is -2.02. The zero-order valence-electron chi connectivity index (χ0n) is 8.24. The molecule has 2 aromatic rings. The lowest BCUT2D eigenvalue weighted by molar-refractivity contribution is 0.0993. The number of hydrogen-bond donors (Lipinski definition) is 0. The number of Topliss-reactive ketones (excluding diaryl/α,β-unsaturated/α-hetero) is 1. The van der Waals surface area contributed by atoms with E-state index in [1.54, 1.807) is 17.5 Å². The molecule has 0 saturated carbocycles. The molecular weight excluding hydrogens is 247 g/mol. The van der Waals surface area contributed by atoms with Crippen molar-refractivity contribution in [1.29, 1.82) is 0 Å². The first kappa shape index (κ1) is 11.3. The Hall–Kier alpha value is -1.19. The molecule has 82 valence electrons. The topological polar surface area (TPSA) is 17.1 Å². The molecule has 0 amide bonds. The number of benzene rings is 1. The van der Waals surface area contributed by atoms with E-state index in [0.717, 1.165) is 0 Å². The van der Waals surface area contributed by atoms with Crippen LogP contribution in [0, 0.1) is 5.82 Å². The van der Waals surface area contributed by atoms with Crippen molar-refractivity contribution in [2.24, 2.45) is 0 Å². The van der Waals surface area contributed by atoms with Crippen molar-refractivity contribution in [3.8, 4) is 0 Å². The van der Waals surface area contributed by atoms with Crippen molar-refractivity contribution in [2.75, 3.05) is 0 Å². The van der Waals surface area contributed by atoms with Crippen LogP contribution >= 0.6 is 22.9 Å². The van der Waals surface area contributed by atoms with Crippen molar-refractivity contribution < 1.29 is 9.18 Å². The van der Waals surface area contributed by atoms with Crippen LogP contribution in [0.15, 0.2) is 35.0 Å². The van der Waals surface area contributed by atoms with Gasteiger partial charge in [0, 0.05) is 22.4 Å². The average molecular weight is 255 g/mol. The molecule has 1 nitrogen and oxygen atoms in total. The van der Waals surface area contributed by atoms with Crippen LogP contribution in [0.4, 0.5) is 4.39 Å². The second kappa shape index (κ2) is 4.76. The zero-order chi connectivity index (χ0) is 11.5. The van der Waals surface area contributed by atoms with Gasteiger partial charge in [-0.3, -0.25) is 4.79 Å². The van der Waals surface area contributed by atoms with Gasteiger partial charge in [-0.05, 0) is 29.1 Å². The summed E-state index contributed by atoms with van der Waals surface area (Å²) in [6.45, 7) is 0. The smallest absolute Gasteiger partial charge is 0.168 e. The molecule has 1 aromatic heterocycles. The van der Waals surface area contributed by atoms with Crippen molar-refractivity contribution in [2.45, 2.75) is 6.42 Å². The second-order valence-corrected chi connectivity index (χ2v) is 4.53. The number of thiophene rings is 1. The Balaban J connectivity index is 2.18. The number of halogens is 2. The van der Waals surface area contributed by atoms with Crippen molar-refractivity contribution in [3.05, 3.63) is 57.0 Å². The third-order valence-electron chi connectivity index (χ3n) is 2.21. The molecule has 1 aromatic carbocycles. The van der Waals surface area contributed by atoms with E-state index < -0.39 is 5.82 Å². The molecule has 0 atom stereocenters. The van der Waals surface area contributed by atoms with Crippen LogP contribution in [0.3, 0.4) is 0 Å². The summed E-state index contributed by atoms with van der Waals surface area (Å²) in [7, 11) is 0. The highest BCUT2D eigenvalue weighted by Gasteiger charge is 2.10. The van der Waals surface area contributed by atoms with E-state index in [2.05, 4.69) is 0 Å². The number of ketones is 1. The molecule has 1 heterocycles. The molecule has 0 fully saturated rings. The van der Waals surface area contributed by atoms with Crippen molar-refractivity contribution >= 4 is 28.7 Å². The molecule has 4 heteroatoms. The van der Waals surface area contributed by atoms with Crippen LogP contribution < -0.4 is 0 Å². The molecule has 0 aliphatic rings. The van der Waals surface area contributed by atoms with Crippen molar-refractivity contribution in [1.82, 2.24) is 0 Å². The van der Waals surface area contributed by atoms with E-state index >= 15 is 0 Å². The van der Waals surface area contributed by atoms with E-state index in [-0.39, 0.29) is 12.2 Å². The highest BCUT2D eigenvalue weighted by Crippen LogP contribution is 2.19. The standard InChI is InChI=1S/C12H8ClFOS/c13-11-6-10(14)2-1-8(11)5-12(15)9-3-4-16-7-9/h1-4,6-7H,5H2. The average Bonchev–Trinajstić information content (AvgIpc) is 2.75. The molecule has 0 spiro atoms. The van der Waals surface area contributed by atoms with Crippen LogP contribution in [0.5, 0.6) is 0 Å². The normalized spacial score (nSPS) is 10.4. The molecule has 0 unspecified atom stereocenters. The monoisotopic (exact) mass is 254 g/mol. The van der Waals surface area contributed by atoms with Crippen LogP contribution in [0.25, 0.3) is 0 Å². The van der Waals surface area contributed by atoms with Gasteiger partial charge in [-0.1, -0.05) is 17.7 Å². The lowest BCUT2D eigenvalue weighted by atomic mass is 10.1. The summed E-state index contributed by atoms with van der Waals surface area (Å²) in [5.41, 5.74) is 1.32. The molecule has 0 saturated heterocycles. The minimum atomic E-state index is -0.392. The molecule has 2 rings (SSSR count). The summed E-state index contributed by atoms with van der Waals surface area (Å²) in [5.74, 6) is -0.397. The van der Waals surface area contributed by atoms with E-state index in [9.17, 15) is 9.18 Å². The lowest BCUT2D eigenvalue weighted by Crippen LogP contribution is -2.02. The fourth-order valence-corrected chi connectivity index (χ4v) is 2.26. The van der Waals surface area contributed by atoms with Gasteiger partial charge < -0.3 is 0 Å². The van der Waals surface area contributed by atoms with Gasteiger partial charge in [0.05, 0.1) is 0 Å². The van der Waals surface area contributed by atoms with Gasteiger partial charge in [-0.2, -0.15) is 11.3 Å². The first-order chi connectivity index (χ1) is 7.66. The molecule has 0 radical (unpaired) electrons. The minimum absolute atomic E-state index is 0.00485. The molecule has 0 bridgehead atoms. The predicted octanol–water partition coefficient (Wildman–Crippen LogP) is 3.97. The van der Waals surface area contributed by atoms with Gasteiger partial charge in [-0.15, -0.1) is 0 Å². The van der Waals surface area contributed by atoms with Gasteiger partial charge >= 0.3 is 0 Å².